The molecular weight excluding hydrogens is 690 g/mol. The number of aromatic nitrogens is 1. The summed E-state index contributed by atoms with van der Waals surface area (Å²) in [5, 5.41) is 9.01. The molecule has 2 heterocycles. The van der Waals surface area contributed by atoms with Crippen LogP contribution in [0.3, 0.4) is 0 Å². The first-order valence-electron chi connectivity index (χ1n) is 13.0. The van der Waals surface area contributed by atoms with Crippen molar-refractivity contribution >= 4 is 57.6 Å². The molecule has 0 radical (unpaired) electrons. The van der Waals surface area contributed by atoms with Crippen molar-refractivity contribution in [1.29, 1.82) is 0 Å². The SMILES string of the molecule is CCOC(=O)C1=C(c2ccccc2)N=c2s/c(=C\c3cc(I)c(OCC(=O)O)c(OC)c3)c(=O)n2[C@@H]1c1ccc(F)cc1. The highest BCUT2D eigenvalue weighted by Gasteiger charge is 2.35. The molecule has 0 fully saturated rings. The second-order valence-electron chi connectivity index (χ2n) is 9.20. The van der Waals surface area contributed by atoms with Crippen LogP contribution in [-0.4, -0.2) is 41.9 Å². The van der Waals surface area contributed by atoms with Crippen LogP contribution in [0.1, 0.15) is 29.7 Å². The van der Waals surface area contributed by atoms with Crippen LogP contribution in [-0.2, 0) is 14.3 Å². The Hall–Kier alpha value is -4.30. The molecule has 1 N–H and O–H groups in total. The lowest BCUT2D eigenvalue weighted by Crippen LogP contribution is -2.40. The Morgan fingerprint density at radius 3 is 2.51 bits per heavy atom. The van der Waals surface area contributed by atoms with Crippen LogP contribution in [0.5, 0.6) is 11.5 Å². The van der Waals surface area contributed by atoms with Crippen molar-refractivity contribution in [2.24, 2.45) is 4.99 Å². The summed E-state index contributed by atoms with van der Waals surface area (Å²) < 4.78 is 32.5. The van der Waals surface area contributed by atoms with Crippen molar-refractivity contribution in [3.05, 3.63) is 118 Å². The van der Waals surface area contributed by atoms with Crippen molar-refractivity contribution in [1.82, 2.24) is 4.57 Å². The summed E-state index contributed by atoms with van der Waals surface area (Å²) in [6, 6.07) is 17.2. The number of esters is 1. The third-order valence-corrected chi connectivity index (χ3v) is 8.23. The van der Waals surface area contributed by atoms with Crippen LogP contribution in [0.25, 0.3) is 11.8 Å². The number of rotatable bonds is 9. The van der Waals surface area contributed by atoms with Crippen LogP contribution in [0.4, 0.5) is 4.39 Å². The van der Waals surface area contributed by atoms with E-state index in [9.17, 15) is 18.8 Å². The fourth-order valence-corrected chi connectivity index (χ4v) is 6.43. The summed E-state index contributed by atoms with van der Waals surface area (Å²) in [6.45, 7) is 1.26. The first kappa shape index (κ1) is 30.2. The van der Waals surface area contributed by atoms with E-state index in [0.717, 1.165) is 11.3 Å². The Morgan fingerprint density at radius 2 is 1.86 bits per heavy atom. The van der Waals surface area contributed by atoms with Gasteiger partial charge in [0.25, 0.3) is 5.56 Å². The van der Waals surface area contributed by atoms with Gasteiger partial charge in [-0.3, -0.25) is 9.36 Å². The molecule has 4 aromatic rings. The Morgan fingerprint density at radius 1 is 1.14 bits per heavy atom. The van der Waals surface area contributed by atoms with Gasteiger partial charge in [-0.05, 0) is 71.0 Å². The van der Waals surface area contributed by atoms with Gasteiger partial charge < -0.3 is 19.3 Å². The van der Waals surface area contributed by atoms with E-state index >= 15 is 0 Å². The second kappa shape index (κ2) is 12.9. The van der Waals surface area contributed by atoms with E-state index in [1.165, 1.54) is 35.9 Å². The number of carbonyl (C=O) groups excluding carboxylic acids is 1. The number of hydrogen-bond acceptors (Lipinski definition) is 8. The standard InChI is InChI=1S/C31H24FIN2O7S/c1-3-41-30(39)25-26(18-7-5-4-6-8-18)34-31-35(27(25)19-9-11-20(32)12-10-19)29(38)23(43-31)15-17-13-21(33)28(22(14-17)40-2)42-16-24(36)37/h4-15,27H,3,16H2,1-2H3,(H,36,37)/b23-15-/t27-/m1/s1. The zero-order valence-corrected chi connectivity index (χ0v) is 25.8. The van der Waals surface area contributed by atoms with E-state index in [4.69, 9.17) is 24.3 Å². The maximum atomic E-state index is 14.0. The molecule has 43 heavy (non-hydrogen) atoms. The number of ether oxygens (including phenoxy) is 3. The lowest BCUT2D eigenvalue weighted by molar-refractivity contribution is -0.140. The molecule has 1 aliphatic rings. The van der Waals surface area contributed by atoms with Gasteiger partial charge in [-0.15, -0.1) is 0 Å². The maximum absolute atomic E-state index is 14.0. The number of aliphatic carboxylic acids is 1. The Labute approximate surface area is 262 Å². The van der Waals surface area contributed by atoms with Gasteiger partial charge in [0, 0.05) is 5.56 Å². The van der Waals surface area contributed by atoms with Crippen LogP contribution >= 0.6 is 33.9 Å². The number of thiazole rings is 1. The number of halogens is 2. The molecule has 5 rings (SSSR count). The molecule has 0 spiro atoms. The summed E-state index contributed by atoms with van der Waals surface area (Å²) in [4.78, 5) is 43.7. The molecule has 1 atom stereocenters. The fourth-order valence-electron chi connectivity index (χ4n) is 4.65. The number of carboxylic acids is 1. The van der Waals surface area contributed by atoms with Gasteiger partial charge in [0.05, 0.1) is 39.1 Å². The number of hydrogen-bond donors (Lipinski definition) is 1. The summed E-state index contributed by atoms with van der Waals surface area (Å²) in [5.41, 5.74) is 1.88. The lowest BCUT2D eigenvalue weighted by atomic mass is 9.93. The monoisotopic (exact) mass is 714 g/mol. The summed E-state index contributed by atoms with van der Waals surface area (Å²) in [6.07, 6.45) is 1.66. The van der Waals surface area contributed by atoms with Gasteiger partial charge in [0.1, 0.15) is 5.82 Å². The number of methoxy groups -OCH3 is 1. The smallest absolute Gasteiger partial charge is 0.341 e. The number of carboxylic acid groups (broad SMARTS) is 1. The molecule has 0 amide bonds. The summed E-state index contributed by atoms with van der Waals surface area (Å²) >= 11 is 3.14. The number of fused-ring (bicyclic) bond motifs is 1. The van der Waals surface area contributed by atoms with E-state index in [-0.39, 0.29) is 17.9 Å². The van der Waals surface area contributed by atoms with Gasteiger partial charge in [-0.1, -0.05) is 53.8 Å². The zero-order chi connectivity index (χ0) is 30.7. The van der Waals surface area contributed by atoms with Crippen LogP contribution in [0.15, 0.2) is 82.1 Å². The van der Waals surface area contributed by atoms with Gasteiger partial charge >= 0.3 is 11.9 Å². The Bertz CT molecular complexity index is 1920. The predicted octanol–water partition coefficient (Wildman–Crippen LogP) is 4.15. The van der Waals surface area contributed by atoms with Crippen molar-refractivity contribution in [2.75, 3.05) is 20.3 Å². The zero-order valence-electron chi connectivity index (χ0n) is 22.9. The number of nitrogens with zero attached hydrogens (tertiary/aromatic N) is 2. The average Bonchev–Trinajstić information content (AvgIpc) is 3.30. The molecular formula is C31H24FIN2O7S. The van der Waals surface area contributed by atoms with E-state index in [0.29, 0.717) is 41.0 Å². The quantitative estimate of drug-likeness (QED) is 0.205. The van der Waals surface area contributed by atoms with E-state index in [1.807, 2.05) is 52.9 Å². The van der Waals surface area contributed by atoms with Crippen LogP contribution < -0.4 is 24.4 Å². The van der Waals surface area contributed by atoms with Crippen molar-refractivity contribution < 1.29 is 33.3 Å². The molecule has 12 heteroatoms. The minimum absolute atomic E-state index is 0.109. The van der Waals surface area contributed by atoms with E-state index in [2.05, 4.69) is 0 Å². The Kier molecular flexibility index (Phi) is 9.06. The van der Waals surface area contributed by atoms with E-state index in [1.54, 1.807) is 25.1 Å². The molecule has 1 aromatic heterocycles. The third kappa shape index (κ3) is 6.25. The highest BCUT2D eigenvalue weighted by molar-refractivity contribution is 14.1. The molecule has 3 aromatic carbocycles. The minimum atomic E-state index is -1.13. The number of benzene rings is 3. The van der Waals surface area contributed by atoms with Gasteiger partial charge in [-0.2, -0.15) is 0 Å². The van der Waals surface area contributed by atoms with Gasteiger partial charge in [-0.25, -0.2) is 19.0 Å². The topological polar surface area (TPSA) is 116 Å². The maximum Gasteiger partial charge on any atom is 0.341 e. The molecule has 1 aliphatic heterocycles. The van der Waals surface area contributed by atoms with E-state index < -0.39 is 36.0 Å². The normalized spacial score (nSPS) is 14.6. The molecule has 0 bridgehead atoms. The molecule has 220 valence electrons. The summed E-state index contributed by atoms with van der Waals surface area (Å²) in [7, 11) is 1.43. The third-order valence-electron chi connectivity index (χ3n) is 6.45. The molecule has 9 nitrogen and oxygen atoms in total. The van der Waals surface area contributed by atoms with Crippen molar-refractivity contribution in [2.45, 2.75) is 13.0 Å². The molecule has 0 saturated carbocycles. The fraction of sp³-hybridized carbons (Fsp3) is 0.161. The van der Waals surface area contributed by atoms with Crippen molar-refractivity contribution in [3.63, 3.8) is 0 Å². The highest BCUT2D eigenvalue weighted by atomic mass is 127. The Balaban J connectivity index is 1.75. The van der Waals surface area contributed by atoms with Gasteiger partial charge in [0.15, 0.2) is 22.9 Å². The predicted molar refractivity (Wildman–Crippen MR) is 166 cm³/mol. The number of carbonyl (C=O) groups is 2. The molecule has 0 unspecified atom stereocenters. The summed E-state index contributed by atoms with van der Waals surface area (Å²) in [5.74, 6) is -1.65. The first-order valence-corrected chi connectivity index (χ1v) is 14.9. The van der Waals surface area contributed by atoms with Crippen LogP contribution in [0.2, 0.25) is 0 Å². The minimum Gasteiger partial charge on any atom is -0.493 e. The van der Waals surface area contributed by atoms with Crippen molar-refractivity contribution in [3.8, 4) is 11.5 Å². The molecule has 0 aliphatic carbocycles. The van der Waals surface area contributed by atoms with Crippen LogP contribution in [0, 0.1) is 9.39 Å². The lowest BCUT2D eigenvalue weighted by Gasteiger charge is -2.25. The second-order valence-corrected chi connectivity index (χ2v) is 11.4. The average molecular weight is 715 g/mol. The first-order chi connectivity index (χ1) is 20.7. The highest BCUT2D eigenvalue weighted by Crippen LogP contribution is 2.36. The largest absolute Gasteiger partial charge is 0.493 e. The molecule has 0 saturated heterocycles. The van der Waals surface area contributed by atoms with Gasteiger partial charge in [0.2, 0.25) is 0 Å².